The fourth-order valence-corrected chi connectivity index (χ4v) is 7.63. The molecule has 0 aliphatic carbocycles. The van der Waals surface area contributed by atoms with Crippen molar-refractivity contribution in [1.82, 2.24) is 19.5 Å². The molecule has 7 aromatic rings. The van der Waals surface area contributed by atoms with Gasteiger partial charge >= 0.3 is 0 Å². The molecule has 0 saturated heterocycles. The van der Waals surface area contributed by atoms with Gasteiger partial charge in [-0.3, -0.25) is 9.55 Å². The van der Waals surface area contributed by atoms with Crippen LogP contribution < -0.4 is 0 Å². The SMILES string of the molecule is Cc1cnc(-c2cccc(-c3ccnc4c3nc(-c3cc(C(C)(C)C)cc(C(C)(C)C)c3O)n4-c3c(C(C)C)cccc3C(C)C)c2)cc1-c1ccccc1. The van der Waals surface area contributed by atoms with Gasteiger partial charge in [0, 0.05) is 29.1 Å². The molecule has 3 aromatic heterocycles. The van der Waals surface area contributed by atoms with E-state index in [-0.39, 0.29) is 28.4 Å². The van der Waals surface area contributed by atoms with E-state index in [9.17, 15) is 5.11 Å². The van der Waals surface area contributed by atoms with Crippen molar-refractivity contribution >= 4 is 11.2 Å². The summed E-state index contributed by atoms with van der Waals surface area (Å²) in [7, 11) is 0. The Balaban J connectivity index is 1.54. The van der Waals surface area contributed by atoms with E-state index in [1.165, 1.54) is 22.3 Å². The number of nitrogens with zero attached hydrogens (tertiary/aromatic N) is 4. The van der Waals surface area contributed by atoms with E-state index in [0.717, 1.165) is 55.9 Å². The maximum atomic E-state index is 12.3. The Morgan fingerprint density at radius 1 is 0.618 bits per heavy atom. The molecule has 0 saturated carbocycles. The molecule has 5 heteroatoms. The monoisotopic (exact) mass is 726 g/mol. The van der Waals surface area contributed by atoms with Gasteiger partial charge in [0.15, 0.2) is 11.5 Å². The number of phenolic OH excluding ortho intramolecular Hbond substituents is 1. The maximum absolute atomic E-state index is 12.3. The minimum Gasteiger partial charge on any atom is -0.507 e. The number of benzene rings is 4. The molecule has 7 rings (SSSR count). The Labute approximate surface area is 327 Å². The highest BCUT2D eigenvalue weighted by atomic mass is 16.3. The van der Waals surface area contributed by atoms with E-state index in [4.69, 9.17) is 15.0 Å². The van der Waals surface area contributed by atoms with E-state index in [2.05, 4.69) is 172 Å². The fourth-order valence-electron chi connectivity index (χ4n) is 7.63. The Bertz CT molecular complexity index is 2500. The van der Waals surface area contributed by atoms with Crippen LogP contribution in [0, 0.1) is 6.92 Å². The summed E-state index contributed by atoms with van der Waals surface area (Å²) < 4.78 is 2.23. The smallest absolute Gasteiger partial charge is 0.165 e. The summed E-state index contributed by atoms with van der Waals surface area (Å²) in [6.45, 7) is 24.2. The third kappa shape index (κ3) is 7.09. The highest BCUT2D eigenvalue weighted by Gasteiger charge is 2.30. The van der Waals surface area contributed by atoms with Crippen molar-refractivity contribution in [3.05, 3.63) is 137 Å². The molecular weight excluding hydrogens is 673 g/mol. The summed E-state index contributed by atoms with van der Waals surface area (Å²) >= 11 is 0. The second-order valence-electron chi connectivity index (χ2n) is 17.6. The number of phenols is 1. The van der Waals surface area contributed by atoms with E-state index in [1.807, 2.05) is 18.5 Å². The van der Waals surface area contributed by atoms with Crippen LogP contribution in [0.25, 0.3) is 61.8 Å². The Hall–Kier alpha value is -5.55. The van der Waals surface area contributed by atoms with Gasteiger partial charge in [0.1, 0.15) is 11.3 Å². The molecule has 0 amide bonds. The van der Waals surface area contributed by atoms with Gasteiger partial charge in [-0.05, 0) is 92.8 Å². The predicted octanol–water partition coefficient (Wildman–Crippen LogP) is 13.3. The fraction of sp³-hybridized carbons (Fsp3) is 0.300. The molecule has 0 aliphatic heterocycles. The van der Waals surface area contributed by atoms with E-state index in [0.29, 0.717) is 11.4 Å². The van der Waals surface area contributed by atoms with Gasteiger partial charge in [0.05, 0.1) is 16.9 Å². The number of pyridine rings is 2. The van der Waals surface area contributed by atoms with Crippen molar-refractivity contribution in [2.24, 2.45) is 0 Å². The zero-order chi connectivity index (χ0) is 39.4. The van der Waals surface area contributed by atoms with Crippen molar-refractivity contribution < 1.29 is 5.11 Å². The zero-order valence-corrected chi connectivity index (χ0v) is 34.3. The molecule has 0 unspecified atom stereocenters. The van der Waals surface area contributed by atoms with Gasteiger partial charge in [-0.1, -0.05) is 142 Å². The molecule has 55 heavy (non-hydrogen) atoms. The second-order valence-corrected chi connectivity index (χ2v) is 17.6. The van der Waals surface area contributed by atoms with Crippen LogP contribution in [0.15, 0.2) is 109 Å². The lowest BCUT2D eigenvalue weighted by Crippen LogP contribution is -2.17. The van der Waals surface area contributed by atoms with Crippen LogP contribution in [0.3, 0.4) is 0 Å². The second kappa shape index (κ2) is 14.3. The van der Waals surface area contributed by atoms with Crippen LogP contribution in [-0.4, -0.2) is 24.6 Å². The molecule has 3 heterocycles. The first-order valence-corrected chi connectivity index (χ1v) is 19.6. The lowest BCUT2D eigenvalue weighted by molar-refractivity contribution is 0.446. The summed E-state index contributed by atoms with van der Waals surface area (Å²) in [6, 6.07) is 34.2. The topological polar surface area (TPSA) is 63.8 Å². The third-order valence-electron chi connectivity index (χ3n) is 10.8. The molecule has 4 aromatic carbocycles. The Morgan fingerprint density at radius 3 is 1.89 bits per heavy atom. The van der Waals surface area contributed by atoms with E-state index >= 15 is 0 Å². The minimum atomic E-state index is -0.301. The van der Waals surface area contributed by atoms with Crippen LogP contribution in [0.2, 0.25) is 0 Å². The first kappa shape index (κ1) is 37.8. The highest BCUT2D eigenvalue weighted by Crippen LogP contribution is 2.45. The highest BCUT2D eigenvalue weighted by molar-refractivity contribution is 5.95. The number of imidazole rings is 1. The van der Waals surface area contributed by atoms with Crippen molar-refractivity contribution in [3.8, 4) is 56.3 Å². The Kier molecular flexibility index (Phi) is 9.79. The van der Waals surface area contributed by atoms with Gasteiger partial charge < -0.3 is 5.11 Å². The summed E-state index contributed by atoms with van der Waals surface area (Å²) in [5.41, 5.74) is 14.7. The maximum Gasteiger partial charge on any atom is 0.165 e. The quantitative estimate of drug-likeness (QED) is 0.178. The van der Waals surface area contributed by atoms with Crippen molar-refractivity contribution in [3.63, 3.8) is 0 Å². The van der Waals surface area contributed by atoms with Crippen LogP contribution in [0.5, 0.6) is 5.75 Å². The van der Waals surface area contributed by atoms with E-state index < -0.39 is 0 Å². The third-order valence-corrected chi connectivity index (χ3v) is 10.8. The number of hydrogen-bond donors (Lipinski definition) is 1. The van der Waals surface area contributed by atoms with Crippen LogP contribution in [0.1, 0.15) is 109 Å². The molecular formula is C50H54N4O. The van der Waals surface area contributed by atoms with Gasteiger partial charge in [-0.15, -0.1) is 0 Å². The summed E-state index contributed by atoms with van der Waals surface area (Å²) in [5.74, 6) is 1.42. The number of hydrogen-bond acceptors (Lipinski definition) is 4. The normalized spacial score (nSPS) is 12.3. The number of para-hydroxylation sites is 1. The minimum absolute atomic E-state index is 0.160. The van der Waals surface area contributed by atoms with Crippen LogP contribution in [0.4, 0.5) is 0 Å². The van der Waals surface area contributed by atoms with Crippen molar-refractivity contribution in [1.29, 1.82) is 0 Å². The average Bonchev–Trinajstić information content (AvgIpc) is 3.53. The molecule has 0 radical (unpaired) electrons. The summed E-state index contributed by atoms with van der Waals surface area (Å²) in [4.78, 5) is 15.5. The average molecular weight is 727 g/mol. The van der Waals surface area contributed by atoms with Gasteiger partial charge in [-0.2, -0.15) is 0 Å². The first-order chi connectivity index (χ1) is 26.0. The molecule has 0 bridgehead atoms. The van der Waals surface area contributed by atoms with Gasteiger partial charge in [0.25, 0.3) is 0 Å². The number of aromatic hydroxyl groups is 1. The largest absolute Gasteiger partial charge is 0.507 e. The first-order valence-electron chi connectivity index (χ1n) is 19.6. The van der Waals surface area contributed by atoms with Crippen LogP contribution >= 0.6 is 0 Å². The molecule has 0 atom stereocenters. The number of aryl methyl sites for hydroxylation is 1. The lowest BCUT2D eigenvalue weighted by Gasteiger charge is -2.28. The molecule has 280 valence electrons. The summed E-state index contributed by atoms with van der Waals surface area (Å²) in [5, 5.41) is 12.3. The van der Waals surface area contributed by atoms with Crippen molar-refractivity contribution in [2.75, 3.05) is 0 Å². The molecule has 0 fully saturated rings. The number of rotatable bonds is 7. The number of fused-ring (bicyclic) bond motifs is 1. The lowest BCUT2D eigenvalue weighted by atomic mass is 9.79. The molecule has 0 spiro atoms. The Morgan fingerprint density at radius 2 is 1.25 bits per heavy atom. The molecule has 5 nitrogen and oxygen atoms in total. The van der Waals surface area contributed by atoms with Gasteiger partial charge in [-0.25, -0.2) is 9.97 Å². The van der Waals surface area contributed by atoms with Gasteiger partial charge in [0.2, 0.25) is 0 Å². The van der Waals surface area contributed by atoms with Crippen LogP contribution in [-0.2, 0) is 10.8 Å². The molecule has 0 aliphatic rings. The molecule has 1 N–H and O–H groups in total. The standard InChI is InChI=1S/C50H54N4O/c1-30(2)37-21-16-22-38(31(3)4)45(37)54-47(41-26-36(49(6,7)8)27-42(46(41)55)50(9,10)11)53-44-39(23-24-51-48(44)54)34-19-15-20-35(25-34)43-28-40(32(5)29-52-43)33-17-13-12-14-18-33/h12-31,55H,1-11H3. The zero-order valence-electron chi connectivity index (χ0n) is 34.3. The predicted molar refractivity (Wildman–Crippen MR) is 230 cm³/mol. The van der Waals surface area contributed by atoms with E-state index in [1.54, 1.807) is 0 Å². The summed E-state index contributed by atoms with van der Waals surface area (Å²) in [6.07, 6.45) is 3.86. The van der Waals surface area contributed by atoms with Crippen molar-refractivity contribution in [2.45, 2.75) is 98.8 Å². The number of aromatic nitrogens is 4.